The highest BCUT2D eigenvalue weighted by Gasteiger charge is 2.16. The molecule has 0 bridgehead atoms. The molecule has 0 unspecified atom stereocenters. The quantitative estimate of drug-likeness (QED) is 0.511. The van der Waals surface area contributed by atoms with Gasteiger partial charge in [0, 0.05) is 19.3 Å². The van der Waals surface area contributed by atoms with Gasteiger partial charge in [-0.25, -0.2) is 4.58 Å². The zero-order valence-electron chi connectivity index (χ0n) is 14.2. The Hall–Kier alpha value is -1.30. The van der Waals surface area contributed by atoms with Crippen molar-refractivity contribution >= 4 is 22.9 Å². The van der Waals surface area contributed by atoms with Gasteiger partial charge in [-0.1, -0.05) is 23.9 Å². The van der Waals surface area contributed by atoms with Crippen LogP contribution in [0, 0.1) is 0 Å². The third-order valence-electron chi connectivity index (χ3n) is 3.44. The Kier molecular flexibility index (Phi) is 7.65. The fourth-order valence-corrected chi connectivity index (χ4v) is 3.26. The van der Waals surface area contributed by atoms with Crippen molar-refractivity contribution in [2.24, 2.45) is 0 Å². The third kappa shape index (κ3) is 6.01. The van der Waals surface area contributed by atoms with Crippen LogP contribution in [0.3, 0.4) is 0 Å². The Labute approximate surface area is 143 Å². The number of ether oxygens (including phenoxy) is 3. The van der Waals surface area contributed by atoms with E-state index >= 15 is 0 Å². The molecule has 2 rings (SSSR count). The highest BCUT2D eigenvalue weighted by Crippen LogP contribution is 2.16. The molecular weight excluding hydrogens is 310 g/mol. The molecule has 1 aliphatic rings. The first-order valence-electron chi connectivity index (χ1n) is 8.08. The maximum Gasteiger partial charge on any atom is 0.234 e. The molecule has 1 heterocycles. The fraction of sp³-hybridized carbons (Fsp3) is 0.500. The van der Waals surface area contributed by atoms with Crippen LogP contribution < -0.4 is 4.74 Å². The lowest BCUT2D eigenvalue weighted by atomic mass is 10.2. The Morgan fingerprint density at radius 2 is 1.83 bits per heavy atom. The van der Waals surface area contributed by atoms with Crippen molar-refractivity contribution < 1.29 is 18.8 Å². The average Bonchev–Trinajstić information content (AvgIpc) is 2.97. The summed E-state index contributed by atoms with van der Waals surface area (Å²) in [5.41, 5.74) is 1.16. The molecule has 0 fully saturated rings. The molecule has 23 heavy (non-hydrogen) atoms. The van der Waals surface area contributed by atoms with E-state index < -0.39 is 0 Å². The molecule has 0 aromatic heterocycles. The van der Waals surface area contributed by atoms with E-state index in [1.165, 1.54) is 10.8 Å². The predicted octanol–water partition coefficient (Wildman–Crippen LogP) is 3.27. The van der Waals surface area contributed by atoms with Crippen molar-refractivity contribution in [2.45, 2.75) is 20.1 Å². The zero-order chi connectivity index (χ0) is 16.5. The molecule has 5 heteroatoms. The summed E-state index contributed by atoms with van der Waals surface area (Å²) in [6, 6.07) is 8.07. The van der Waals surface area contributed by atoms with Crippen molar-refractivity contribution in [1.82, 2.24) is 0 Å². The van der Waals surface area contributed by atoms with E-state index in [1.807, 2.05) is 37.7 Å². The molecule has 0 spiro atoms. The van der Waals surface area contributed by atoms with Gasteiger partial charge < -0.3 is 14.2 Å². The Morgan fingerprint density at radius 3 is 2.39 bits per heavy atom. The molecular formula is C18H26NO3S+. The number of benzene rings is 1. The predicted molar refractivity (Wildman–Crippen MR) is 96.5 cm³/mol. The number of rotatable bonds is 9. The first kappa shape index (κ1) is 18.0. The Morgan fingerprint density at radius 1 is 1.13 bits per heavy atom. The van der Waals surface area contributed by atoms with Crippen LogP contribution in [-0.2, 0) is 9.47 Å². The molecule has 1 aliphatic heterocycles. The van der Waals surface area contributed by atoms with Gasteiger partial charge >= 0.3 is 0 Å². The minimum atomic E-state index is -0.309. The standard InChI is InChI=1S/C18H26NO3S/c1-4-20-18(21-5-2)14-22-16-9-6-15(7-10-16)8-11-17-19(3)12-13-23-17/h6-11,18H,4-5,12-14H2,1-3H3/q+1. The van der Waals surface area contributed by atoms with Crippen LogP contribution in [0.15, 0.2) is 30.3 Å². The lowest BCUT2D eigenvalue weighted by molar-refractivity contribution is -0.485. The summed E-state index contributed by atoms with van der Waals surface area (Å²) in [7, 11) is 2.13. The Bertz CT molecular complexity index is 534. The number of thioether (sulfide) groups is 1. The summed E-state index contributed by atoms with van der Waals surface area (Å²) in [5.74, 6) is 2.00. The van der Waals surface area contributed by atoms with E-state index in [0.717, 1.165) is 17.9 Å². The topological polar surface area (TPSA) is 30.7 Å². The van der Waals surface area contributed by atoms with Crippen LogP contribution in [0.25, 0.3) is 6.08 Å². The molecule has 4 nitrogen and oxygen atoms in total. The maximum absolute atomic E-state index is 5.73. The van der Waals surface area contributed by atoms with Gasteiger partial charge in [0.25, 0.3) is 0 Å². The highest BCUT2D eigenvalue weighted by molar-refractivity contribution is 8.14. The largest absolute Gasteiger partial charge is 0.488 e. The molecule has 126 valence electrons. The molecule has 0 aliphatic carbocycles. The summed E-state index contributed by atoms with van der Waals surface area (Å²) in [6.07, 6.45) is 4.00. The maximum atomic E-state index is 5.73. The summed E-state index contributed by atoms with van der Waals surface area (Å²) < 4.78 is 18.9. The highest BCUT2D eigenvalue weighted by atomic mass is 32.2. The lowest BCUT2D eigenvalue weighted by Gasteiger charge is -2.17. The van der Waals surface area contributed by atoms with Gasteiger partial charge in [0.2, 0.25) is 5.04 Å². The van der Waals surface area contributed by atoms with E-state index in [1.54, 1.807) is 0 Å². The van der Waals surface area contributed by atoms with Crippen LogP contribution in [0.2, 0.25) is 0 Å². The summed E-state index contributed by atoms with van der Waals surface area (Å²) in [4.78, 5) is 0. The van der Waals surface area contributed by atoms with Crippen LogP contribution in [0.5, 0.6) is 5.75 Å². The van der Waals surface area contributed by atoms with E-state index in [4.69, 9.17) is 14.2 Å². The first-order valence-corrected chi connectivity index (χ1v) is 9.06. The van der Waals surface area contributed by atoms with Gasteiger partial charge in [-0.3, -0.25) is 0 Å². The first-order chi connectivity index (χ1) is 11.2. The van der Waals surface area contributed by atoms with Gasteiger partial charge in [0.1, 0.15) is 19.4 Å². The smallest absolute Gasteiger partial charge is 0.234 e. The van der Waals surface area contributed by atoms with Crippen molar-refractivity contribution in [3.8, 4) is 5.75 Å². The fourth-order valence-electron chi connectivity index (χ4n) is 2.21. The van der Waals surface area contributed by atoms with Crippen molar-refractivity contribution in [1.29, 1.82) is 0 Å². The Balaban J connectivity index is 1.86. The van der Waals surface area contributed by atoms with Gasteiger partial charge in [-0.05, 0) is 37.6 Å². The summed E-state index contributed by atoms with van der Waals surface area (Å²) >= 11 is 1.90. The molecule has 0 saturated carbocycles. The van der Waals surface area contributed by atoms with E-state index in [0.29, 0.717) is 19.8 Å². The van der Waals surface area contributed by atoms with E-state index in [2.05, 4.69) is 35.9 Å². The van der Waals surface area contributed by atoms with Gasteiger partial charge in [-0.2, -0.15) is 0 Å². The van der Waals surface area contributed by atoms with Crippen molar-refractivity contribution in [3.05, 3.63) is 35.9 Å². The minimum Gasteiger partial charge on any atom is -0.488 e. The lowest BCUT2D eigenvalue weighted by Crippen LogP contribution is -2.25. The normalized spacial score (nSPS) is 15.1. The second-order valence-electron chi connectivity index (χ2n) is 5.16. The molecule has 0 radical (unpaired) electrons. The SMILES string of the molecule is CCOC(COc1ccc(C=CC2=[N+](C)CCS2)cc1)OCC. The molecule has 1 aromatic carbocycles. The third-order valence-corrected chi connectivity index (χ3v) is 4.57. The summed E-state index contributed by atoms with van der Waals surface area (Å²) in [5, 5.41) is 1.32. The molecule has 0 N–H and O–H groups in total. The number of nitrogens with zero attached hydrogens (tertiary/aromatic N) is 1. The van der Waals surface area contributed by atoms with Gasteiger partial charge in [0.05, 0.1) is 5.75 Å². The summed E-state index contributed by atoms with van der Waals surface area (Å²) in [6.45, 7) is 6.65. The van der Waals surface area contributed by atoms with Gasteiger partial charge in [0.15, 0.2) is 12.8 Å². The van der Waals surface area contributed by atoms with Crippen LogP contribution in [-0.4, -0.2) is 55.1 Å². The number of hydrogen-bond donors (Lipinski definition) is 0. The van der Waals surface area contributed by atoms with Crippen LogP contribution in [0.1, 0.15) is 19.4 Å². The van der Waals surface area contributed by atoms with E-state index in [9.17, 15) is 0 Å². The van der Waals surface area contributed by atoms with Crippen LogP contribution in [0.4, 0.5) is 0 Å². The van der Waals surface area contributed by atoms with Crippen molar-refractivity contribution in [3.63, 3.8) is 0 Å². The minimum absolute atomic E-state index is 0.309. The van der Waals surface area contributed by atoms with Crippen molar-refractivity contribution in [2.75, 3.05) is 39.2 Å². The molecule has 1 aromatic rings. The average molecular weight is 336 g/mol. The molecule has 0 amide bonds. The molecule has 0 atom stereocenters. The number of hydrogen-bond acceptors (Lipinski definition) is 4. The second-order valence-corrected chi connectivity index (χ2v) is 6.28. The monoisotopic (exact) mass is 336 g/mol. The van der Waals surface area contributed by atoms with E-state index in [-0.39, 0.29) is 6.29 Å². The zero-order valence-corrected chi connectivity index (χ0v) is 15.0. The molecule has 0 saturated heterocycles. The van der Waals surface area contributed by atoms with Gasteiger partial charge in [-0.15, -0.1) is 0 Å². The second kappa shape index (κ2) is 9.75. The van der Waals surface area contributed by atoms with Crippen LogP contribution >= 0.6 is 11.8 Å².